The smallest absolute Gasteiger partial charge is 0.226 e. The molecule has 0 saturated heterocycles. The van der Waals surface area contributed by atoms with E-state index in [9.17, 15) is 13.6 Å². The first-order chi connectivity index (χ1) is 11.6. The molecule has 4 rings (SSSR count). The fourth-order valence-electron chi connectivity index (χ4n) is 3.40. The maximum absolute atomic E-state index is 13.9. The molecule has 1 amide bonds. The Morgan fingerprint density at radius 2 is 1.83 bits per heavy atom. The molecular formula is C19H17F2NO2. The van der Waals surface area contributed by atoms with Gasteiger partial charge in [0.1, 0.15) is 24.0 Å². The maximum atomic E-state index is 13.9. The maximum Gasteiger partial charge on any atom is 0.226 e. The molecule has 0 bridgehead atoms. The van der Waals surface area contributed by atoms with Crippen LogP contribution >= 0.6 is 0 Å². The zero-order valence-electron chi connectivity index (χ0n) is 13.0. The Morgan fingerprint density at radius 3 is 2.62 bits per heavy atom. The number of carbonyl (C=O) groups is 1. The Bertz CT molecular complexity index is 772. The average Bonchev–Trinajstić information content (AvgIpc) is 3.36. The van der Waals surface area contributed by atoms with Crippen LogP contribution in [-0.4, -0.2) is 24.0 Å². The number of rotatable bonds is 2. The lowest BCUT2D eigenvalue weighted by atomic mass is 10.1. The number of ether oxygens (including phenoxy) is 1. The summed E-state index contributed by atoms with van der Waals surface area (Å²) in [7, 11) is 0. The van der Waals surface area contributed by atoms with Gasteiger partial charge in [-0.2, -0.15) is 0 Å². The van der Waals surface area contributed by atoms with E-state index >= 15 is 0 Å². The van der Waals surface area contributed by atoms with Gasteiger partial charge in [0, 0.05) is 29.5 Å². The second kappa shape index (κ2) is 5.89. The van der Waals surface area contributed by atoms with Crippen molar-refractivity contribution in [1.29, 1.82) is 0 Å². The lowest BCUT2D eigenvalue weighted by Gasteiger charge is -2.20. The zero-order chi connectivity index (χ0) is 16.7. The molecule has 1 saturated carbocycles. The molecular weight excluding hydrogens is 312 g/mol. The van der Waals surface area contributed by atoms with Crippen molar-refractivity contribution in [2.75, 3.05) is 13.2 Å². The van der Waals surface area contributed by atoms with E-state index in [1.165, 1.54) is 18.2 Å². The predicted octanol–water partition coefficient (Wildman–Crippen LogP) is 3.49. The Balaban J connectivity index is 1.52. The number of hydrogen-bond donors (Lipinski definition) is 0. The molecule has 0 spiro atoms. The van der Waals surface area contributed by atoms with E-state index in [1.54, 1.807) is 4.90 Å². The predicted molar refractivity (Wildman–Crippen MR) is 84.6 cm³/mol. The van der Waals surface area contributed by atoms with E-state index in [4.69, 9.17) is 4.74 Å². The third-order valence-corrected chi connectivity index (χ3v) is 4.74. The summed E-state index contributed by atoms with van der Waals surface area (Å²) in [6.07, 6.45) is 0.496. The molecule has 5 heteroatoms. The van der Waals surface area contributed by atoms with Crippen molar-refractivity contribution in [3.05, 3.63) is 65.2 Å². The lowest BCUT2D eigenvalue weighted by Crippen LogP contribution is -2.34. The molecule has 0 aromatic heterocycles. The molecule has 2 atom stereocenters. The van der Waals surface area contributed by atoms with Crippen LogP contribution in [0, 0.1) is 17.6 Å². The second-order valence-corrected chi connectivity index (χ2v) is 6.30. The van der Waals surface area contributed by atoms with Crippen molar-refractivity contribution in [3.63, 3.8) is 0 Å². The van der Waals surface area contributed by atoms with Crippen molar-refractivity contribution >= 4 is 5.91 Å². The number of hydrogen-bond acceptors (Lipinski definition) is 2. The fourth-order valence-corrected chi connectivity index (χ4v) is 3.40. The van der Waals surface area contributed by atoms with Crippen LogP contribution in [0.1, 0.15) is 23.5 Å². The minimum Gasteiger partial charge on any atom is -0.491 e. The summed E-state index contributed by atoms with van der Waals surface area (Å²) in [5.41, 5.74) is 1.000. The first-order valence-corrected chi connectivity index (χ1v) is 8.08. The molecule has 3 nitrogen and oxygen atoms in total. The van der Waals surface area contributed by atoms with E-state index < -0.39 is 11.6 Å². The SMILES string of the molecule is O=C([C@H]1C[C@H]1c1c(F)cccc1F)N1CCOc2ccccc2C1. The van der Waals surface area contributed by atoms with Crippen LogP contribution < -0.4 is 4.74 Å². The van der Waals surface area contributed by atoms with Gasteiger partial charge >= 0.3 is 0 Å². The highest BCUT2D eigenvalue weighted by Crippen LogP contribution is 2.50. The van der Waals surface area contributed by atoms with Crippen LogP contribution in [0.5, 0.6) is 5.75 Å². The van der Waals surface area contributed by atoms with Crippen LogP contribution in [-0.2, 0) is 11.3 Å². The van der Waals surface area contributed by atoms with Crippen LogP contribution in [0.2, 0.25) is 0 Å². The number of halogens is 2. The largest absolute Gasteiger partial charge is 0.491 e. The van der Waals surface area contributed by atoms with Gasteiger partial charge in [-0.1, -0.05) is 24.3 Å². The summed E-state index contributed by atoms with van der Waals surface area (Å²) in [6, 6.07) is 11.5. The number of nitrogens with zero attached hydrogens (tertiary/aromatic N) is 1. The van der Waals surface area contributed by atoms with Gasteiger partial charge in [-0.25, -0.2) is 8.78 Å². The Labute approximate surface area is 138 Å². The summed E-state index contributed by atoms with van der Waals surface area (Å²) in [5.74, 6) is -1.11. The van der Waals surface area contributed by atoms with Crippen LogP contribution in [0.15, 0.2) is 42.5 Å². The highest BCUT2D eigenvalue weighted by molar-refractivity contribution is 5.83. The number of carbonyl (C=O) groups excluding carboxylic acids is 1. The number of amides is 1. The first kappa shape index (κ1) is 15.1. The van der Waals surface area contributed by atoms with Crippen molar-refractivity contribution in [2.24, 2.45) is 5.92 Å². The summed E-state index contributed by atoms with van der Waals surface area (Å²) >= 11 is 0. The van der Waals surface area contributed by atoms with E-state index in [-0.39, 0.29) is 23.3 Å². The summed E-state index contributed by atoms with van der Waals surface area (Å²) in [5, 5.41) is 0. The molecule has 1 aliphatic heterocycles. The van der Waals surface area contributed by atoms with Crippen LogP contribution in [0.3, 0.4) is 0 Å². The minimum atomic E-state index is -0.570. The quantitative estimate of drug-likeness (QED) is 0.844. The number of benzene rings is 2. The van der Waals surface area contributed by atoms with Crippen molar-refractivity contribution in [1.82, 2.24) is 4.90 Å². The Hall–Kier alpha value is -2.43. The first-order valence-electron chi connectivity index (χ1n) is 8.08. The van der Waals surface area contributed by atoms with Crippen molar-refractivity contribution < 1.29 is 18.3 Å². The molecule has 0 radical (unpaired) electrons. The number of para-hydroxylation sites is 1. The van der Waals surface area contributed by atoms with E-state index in [1.807, 2.05) is 24.3 Å². The van der Waals surface area contributed by atoms with Gasteiger partial charge in [-0.3, -0.25) is 4.79 Å². The Kier molecular flexibility index (Phi) is 3.71. The number of fused-ring (bicyclic) bond motifs is 1. The van der Waals surface area contributed by atoms with Crippen molar-refractivity contribution in [2.45, 2.75) is 18.9 Å². The molecule has 1 fully saturated rings. The van der Waals surface area contributed by atoms with E-state index in [0.29, 0.717) is 26.1 Å². The third kappa shape index (κ3) is 2.64. The van der Waals surface area contributed by atoms with Gasteiger partial charge in [0.15, 0.2) is 0 Å². The van der Waals surface area contributed by atoms with Crippen LogP contribution in [0.25, 0.3) is 0 Å². The molecule has 2 aliphatic rings. The zero-order valence-corrected chi connectivity index (χ0v) is 13.0. The molecule has 0 unspecified atom stereocenters. The van der Waals surface area contributed by atoms with Gasteiger partial charge < -0.3 is 9.64 Å². The normalized spacial score (nSPS) is 22.3. The van der Waals surface area contributed by atoms with Crippen LogP contribution in [0.4, 0.5) is 8.78 Å². The monoisotopic (exact) mass is 329 g/mol. The molecule has 1 heterocycles. The van der Waals surface area contributed by atoms with Gasteiger partial charge in [0.2, 0.25) is 5.91 Å². The van der Waals surface area contributed by atoms with Gasteiger partial charge in [-0.05, 0) is 24.6 Å². The molecule has 1 aliphatic carbocycles. The molecule has 124 valence electrons. The highest BCUT2D eigenvalue weighted by atomic mass is 19.1. The lowest BCUT2D eigenvalue weighted by molar-refractivity contribution is -0.133. The average molecular weight is 329 g/mol. The van der Waals surface area contributed by atoms with Gasteiger partial charge in [0.05, 0.1) is 6.54 Å². The van der Waals surface area contributed by atoms with Crippen molar-refractivity contribution in [3.8, 4) is 5.75 Å². The minimum absolute atomic E-state index is 0.0438. The molecule has 2 aromatic rings. The van der Waals surface area contributed by atoms with E-state index in [2.05, 4.69) is 0 Å². The summed E-state index contributed by atoms with van der Waals surface area (Å²) in [4.78, 5) is 14.5. The van der Waals surface area contributed by atoms with Gasteiger partial charge in [-0.15, -0.1) is 0 Å². The highest BCUT2D eigenvalue weighted by Gasteiger charge is 2.48. The summed E-state index contributed by atoms with van der Waals surface area (Å²) in [6.45, 7) is 1.38. The fraction of sp³-hybridized carbons (Fsp3) is 0.316. The van der Waals surface area contributed by atoms with E-state index in [0.717, 1.165) is 11.3 Å². The van der Waals surface area contributed by atoms with Gasteiger partial charge in [0.25, 0.3) is 0 Å². The topological polar surface area (TPSA) is 29.5 Å². The standard InChI is InChI=1S/C19H17F2NO2/c20-15-5-3-6-16(21)18(15)13-10-14(13)19(23)22-8-9-24-17-7-2-1-4-12(17)11-22/h1-7,13-14H,8-11H2/t13-,14+/m1/s1. The molecule has 24 heavy (non-hydrogen) atoms. The second-order valence-electron chi connectivity index (χ2n) is 6.30. The summed E-state index contributed by atoms with van der Waals surface area (Å²) < 4.78 is 33.5. The molecule has 2 aromatic carbocycles. The third-order valence-electron chi connectivity index (χ3n) is 4.74. The Morgan fingerprint density at radius 1 is 1.08 bits per heavy atom. The molecule has 0 N–H and O–H groups in total.